The smallest absolute Gasteiger partial charge is 0.160 e. The molecule has 0 saturated carbocycles. The first-order valence-electron chi connectivity index (χ1n) is 3.94. The van der Waals surface area contributed by atoms with Crippen LogP contribution in [0.2, 0.25) is 0 Å². The normalized spacial score (nSPS) is 9.83. The first-order chi connectivity index (χ1) is 5.68. The van der Waals surface area contributed by atoms with Crippen molar-refractivity contribution < 1.29 is 14.3 Å². The molecule has 0 N–H and O–H groups in total. The molecular weight excluding hydrogens is 156 g/mol. The van der Waals surface area contributed by atoms with Crippen molar-refractivity contribution in [2.45, 2.75) is 13.3 Å². The van der Waals surface area contributed by atoms with Gasteiger partial charge in [-0.15, -0.1) is 0 Å². The van der Waals surface area contributed by atoms with Gasteiger partial charge >= 0.3 is 0 Å². The second-order valence-electron chi connectivity index (χ2n) is 2.56. The molecule has 70 valence electrons. The molecule has 0 rings (SSSR count). The van der Waals surface area contributed by atoms with Gasteiger partial charge in [0.1, 0.15) is 0 Å². The zero-order chi connectivity index (χ0) is 9.40. The number of allylic oxidation sites excluding steroid dienone is 1. The number of ether oxygens (including phenoxy) is 2. The van der Waals surface area contributed by atoms with Gasteiger partial charge in [-0.2, -0.15) is 0 Å². The van der Waals surface area contributed by atoms with E-state index in [0.29, 0.717) is 31.8 Å². The summed E-state index contributed by atoms with van der Waals surface area (Å²) in [6.45, 7) is 6.81. The van der Waals surface area contributed by atoms with Crippen LogP contribution in [0.15, 0.2) is 12.2 Å². The summed E-state index contributed by atoms with van der Waals surface area (Å²) >= 11 is 0. The Morgan fingerprint density at radius 3 is 2.50 bits per heavy atom. The summed E-state index contributed by atoms with van der Waals surface area (Å²) in [7, 11) is 1.61. The van der Waals surface area contributed by atoms with Gasteiger partial charge in [-0.25, -0.2) is 0 Å². The Balaban J connectivity index is 3.20. The molecule has 0 unspecified atom stereocenters. The SMILES string of the molecule is C=C(C)C(=O)CCOCCOC. The monoisotopic (exact) mass is 172 g/mol. The van der Waals surface area contributed by atoms with E-state index in [-0.39, 0.29) is 5.78 Å². The van der Waals surface area contributed by atoms with Gasteiger partial charge in [-0.3, -0.25) is 4.79 Å². The lowest BCUT2D eigenvalue weighted by atomic mass is 10.2. The number of carbonyl (C=O) groups is 1. The molecule has 0 atom stereocenters. The van der Waals surface area contributed by atoms with Gasteiger partial charge in [0.15, 0.2) is 5.78 Å². The Labute approximate surface area is 73.4 Å². The molecule has 12 heavy (non-hydrogen) atoms. The topological polar surface area (TPSA) is 35.5 Å². The Morgan fingerprint density at radius 2 is 2.00 bits per heavy atom. The summed E-state index contributed by atoms with van der Waals surface area (Å²) < 4.78 is 9.88. The highest BCUT2D eigenvalue weighted by molar-refractivity contribution is 5.94. The molecule has 0 aromatic carbocycles. The van der Waals surface area contributed by atoms with Crippen LogP contribution in [0.4, 0.5) is 0 Å². The number of hydrogen-bond donors (Lipinski definition) is 0. The molecular formula is C9H16O3. The third-order valence-corrected chi connectivity index (χ3v) is 1.38. The number of methoxy groups -OCH3 is 1. The Morgan fingerprint density at radius 1 is 1.33 bits per heavy atom. The van der Waals surface area contributed by atoms with Gasteiger partial charge in [0.25, 0.3) is 0 Å². The van der Waals surface area contributed by atoms with E-state index < -0.39 is 0 Å². The fraction of sp³-hybridized carbons (Fsp3) is 0.667. The maximum Gasteiger partial charge on any atom is 0.160 e. The van der Waals surface area contributed by atoms with Crippen LogP contribution >= 0.6 is 0 Å². The van der Waals surface area contributed by atoms with Crippen molar-refractivity contribution in [2.24, 2.45) is 0 Å². The lowest BCUT2D eigenvalue weighted by Gasteiger charge is -2.02. The molecule has 0 bridgehead atoms. The van der Waals surface area contributed by atoms with Crippen molar-refractivity contribution in [3.63, 3.8) is 0 Å². The van der Waals surface area contributed by atoms with E-state index in [1.807, 2.05) is 0 Å². The Bertz CT molecular complexity index is 152. The van der Waals surface area contributed by atoms with Gasteiger partial charge in [-0.05, 0) is 12.5 Å². The summed E-state index contributed by atoms with van der Waals surface area (Å²) in [5.74, 6) is 0.0624. The second-order valence-corrected chi connectivity index (χ2v) is 2.56. The van der Waals surface area contributed by atoms with Gasteiger partial charge in [0.05, 0.1) is 19.8 Å². The number of rotatable bonds is 7. The van der Waals surface area contributed by atoms with Crippen LogP contribution in [-0.2, 0) is 14.3 Å². The van der Waals surface area contributed by atoms with Crippen molar-refractivity contribution in [1.82, 2.24) is 0 Å². The van der Waals surface area contributed by atoms with Crippen molar-refractivity contribution in [3.05, 3.63) is 12.2 Å². The summed E-state index contributed by atoms with van der Waals surface area (Å²) in [5, 5.41) is 0. The summed E-state index contributed by atoms with van der Waals surface area (Å²) in [6, 6.07) is 0. The van der Waals surface area contributed by atoms with Crippen molar-refractivity contribution in [1.29, 1.82) is 0 Å². The highest BCUT2D eigenvalue weighted by Crippen LogP contribution is 1.95. The van der Waals surface area contributed by atoms with Gasteiger partial charge in [-0.1, -0.05) is 6.58 Å². The highest BCUT2D eigenvalue weighted by atomic mass is 16.5. The first kappa shape index (κ1) is 11.3. The molecule has 3 nitrogen and oxygen atoms in total. The second kappa shape index (κ2) is 7.00. The molecule has 0 spiro atoms. The predicted octanol–water partition coefficient (Wildman–Crippen LogP) is 1.18. The fourth-order valence-electron chi connectivity index (χ4n) is 0.623. The van der Waals surface area contributed by atoms with Crippen LogP contribution in [0.3, 0.4) is 0 Å². The zero-order valence-electron chi connectivity index (χ0n) is 7.76. The van der Waals surface area contributed by atoms with E-state index >= 15 is 0 Å². The van der Waals surface area contributed by atoms with Gasteiger partial charge in [0, 0.05) is 13.5 Å². The standard InChI is InChI=1S/C9H16O3/c1-8(2)9(10)4-5-12-7-6-11-3/h1,4-7H2,2-3H3. The van der Waals surface area contributed by atoms with Crippen LogP contribution in [-0.4, -0.2) is 32.7 Å². The molecule has 0 aromatic heterocycles. The molecule has 0 fully saturated rings. The molecule has 0 saturated heterocycles. The van der Waals surface area contributed by atoms with Gasteiger partial charge in [0.2, 0.25) is 0 Å². The van der Waals surface area contributed by atoms with Crippen molar-refractivity contribution >= 4 is 5.78 Å². The average molecular weight is 172 g/mol. The van der Waals surface area contributed by atoms with Crippen LogP contribution in [0.5, 0.6) is 0 Å². The summed E-state index contributed by atoms with van der Waals surface area (Å²) in [4.78, 5) is 11.0. The molecule has 3 heteroatoms. The summed E-state index contributed by atoms with van der Waals surface area (Å²) in [5.41, 5.74) is 0.588. The molecule has 0 aliphatic carbocycles. The molecule has 0 amide bonds. The maximum absolute atomic E-state index is 11.0. The minimum absolute atomic E-state index is 0.0624. The van der Waals surface area contributed by atoms with E-state index in [1.54, 1.807) is 14.0 Å². The third kappa shape index (κ3) is 6.07. The van der Waals surface area contributed by atoms with Crippen LogP contribution in [0.1, 0.15) is 13.3 Å². The van der Waals surface area contributed by atoms with E-state index in [4.69, 9.17) is 9.47 Å². The number of ketones is 1. The Hall–Kier alpha value is -0.670. The predicted molar refractivity (Wildman–Crippen MR) is 47.1 cm³/mol. The Kier molecular flexibility index (Phi) is 6.61. The largest absolute Gasteiger partial charge is 0.382 e. The lowest BCUT2D eigenvalue weighted by molar-refractivity contribution is -0.116. The minimum atomic E-state index is 0.0624. The third-order valence-electron chi connectivity index (χ3n) is 1.38. The number of carbonyl (C=O) groups excluding carboxylic acids is 1. The van der Waals surface area contributed by atoms with E-state index in [1.165, 1.54) is 0 Å². The lowest BCUT2D eigenvalue weighted by Crippen LogP contribution is -2.07. The number of Topliss-reactive ketones (excluding diaryl/α,β-unsaturated/α-hetero) is 1. The van der Waals surface area contributed by atoms with E-state index in [0.717, 1.165) is 0 Å². The van der Waals surface area contributed by atoms with Crippen molar-refractivity contribution in [2.75, 3.05) is 26.9 Å². The summed E-state index contributed by atoms with van der Waals surface area (Å²) in [6.07, 6.45) is 0.416. The highest BCUT2D eigenvalue weighted by Gasteiger charge is 2.00. The molecule has 0 aliphatic heterocycles. The molecule has 0 heterocycles. The van der Waals surface area contributed by atoms with Crippen molar-refractivity contribution in [3.8, 4) is 0 Å². The maximum atomic E-state index is 11.0. The van der Waals surface area contributed by atoms with Crippen LogP contribution in [0.25, 0.3) is 0 Å². The first-order valence-corrected chi connectivity index (χ1v) is 3.94. The fourth-order valence-corrected chi connectivity index (χ4v) is 0.623. The van der Waals surface area contributed by atoms with Crippen LogP contribution < -0.4 is 0 Å². The molecule has 0 aliphatic rings. The van der Waals surface area contributed by atoms with E-state index in [9.17, 15) is 4.79 Å². The number of hydrogen-bond acceptors (Lipinski definition) is 3. The van der Waals surface area contributed by atoms with Crippen LogP contribution in [0, 0.1) is 0 Å². The zero-order valence-corrected chi connectivity index (χ0v) is 7.76. The molecule has 0 aromatic rings. The minimum Gasteiger partial charge on any atom is -0.382 e. The average Bonchev–Trinajstić information content (AvgIpc) is 2.03. The quantitative estimate of drug-likeness (QED) is 0.427. The molecule has 0 radical (unpaired) electrons. The van der Waals surface area contributed by atoms with E-state index in [2.05, 4.69) is 6.58 Å². The van der Waals surface area contributed by atoms with Gasteiger partial charge < -0.3 is 9.47 Å².